The largest absolute Gasteiger partial charge is 0.481 e. The summed E-state index contributed by atoms with van der Waals surface area (Å²) in [7, 11) is -0.870. The van der Waals surface area contributed by atoms with Crippen molar-refractivity contribution in [2.24, 2.45) is 7.05 Å². The minimum absolute atomic E-state index is 0.0458. The lowest BCUT2D eigenvalue weighted by Crippen LogP contribution is -2.14. The van der Waals surface area contributed by atoms with E-state index in [-0.39, 0.29) is 22.3 Å². The summed E-state index contributed by atoms with van der Waals surface area (Å²) < 4.78 is 35.7. The van der Waals surface area contributed by atoms with E-state index in [9.17, 15) is 13.2 Å². The topological polar surface area (TPSA) is 130 Å². The first kappa shape index (κ1) is 20.0. The van der Waals surface area contributed by atoms with E-state index in [4.69, 9.17) is 4.74 Å². The standard InChI is InChI=1S/C16H15IN6O4S/c1-23-8-12(17)15(21-23)16(24)20-10-3-5-11(6-4-10)28(25,26)22-13-7-14(27-2)19-9-18-13/h3-9H,1-2H3,(H2,18,19,20,22,24)/p-1. The molecule has 1 aromatic carbocycles. The number of hydrogen-bond acceptors (Lipinski definition) is 7. The summed E-state index contributed by atoms with van der Waals surface area (Å²) in [5, 5.41) is 6.76. The van der Waals surface area contributed by atoms with Gasteiger partial charge in [0.1, 0.15) is 0 Å². The van der Waals surface area contributed by atoms with Crippen LogP contribution in [0.1, 0.15) is 10.5 Å². The number of methoxy groups -OCH3 is 1. The zero-order chi connectivity index (χ0) is 20.3. The van der Waals surface area contributed by atoms with Gasteiger partial charge in [-0.1, -0.05) is 0 Å². The number of hydrogen-bond donors (Lipinski definition) is 1. The molecule has 0 atom stereocenters. The molecule has 0 unspecified atom stereocenters. The molecule has 0 saturated carbocycles. The molecule has 28 heavy (non-hydrogen) atoms. The minimum atomic E-state index is -3.99. The van der Waals surface area contributed by atoms with Crippen molar-refractivity contribution < 1.29 is 17.9 Å². The first-order valence-corrected chi connectivity index (χ1v) is 10.2. The Morgan fingerprint density at radius 2 is 1.96 bits per heavy atom. The summed E-state index contributed by atoms with van der Waals surface area (Å²) in [6, 6.07) is 6.93. The van der Waals surface area contributed by atoms with Crippen LogP contribution in [0.2, 0.25) is 0 Å². The number of rotatable bonds is 6. The minimum Gasteiger partial charge on any atom is -0.481 e. The Bertz CT molecular complexity index is 1110. The summed E-state index contributed by atoms with van der Waals surface area (Å²) in [4.78, 5) is 19.8. The number of sulfonamides is 1. The van der Waals surface area contributed by atoms with Crippen molar-refractivity contribution in [1.82, 2.24) is 19.7 Å². The van der Waals surface area contributed by atoms with Gasteiger partial charge < -0.3 is 19.8 Å². The fourth-order valence-electron chi connectivity index (χ4n) is 2.18. The van der Waals surface area contributed by atoms with Crippen LogP contribution >= 0.6 is 22.6 Å². The number of nitrogens with zero attached hydrogens (tertiary/aromatic N) is 5. The van der Waals surface area contributed by atoms with Gasteiger partial charge in [-0.2, -0.15) is 5.10 Å². The molecule has 0 saturated heterocycles. The average Bonchev–Trinajstić information content (AvgIpc) is 3.00. The lowest BCUT2D eigenvalue weighted by atomic mass is 10.3. The van der Waals surface area contributed by atoms with E-state index in [1.165, 1.54) is 42.1 Å². The average molecular weight is 513 g/mol. The van der Waals surface area contributed by atoms with Crippen LogP contribution in [-0.2, 0) is 17.1 Å². The maximum atomic E-state index is 12.4. The van der Waals surface area contributed by atoms with Gasteiger partial charge in [-0.3, -0.25) is 9.48 Å². The SMILES string of the molecule is COc1cc([N-]S(=O)(=O)c2ccc(NC(=O)c3nn(C)cc3I)cc2)ncn1. The van der Waals surface area contributed by atoms with Crippen molar-refractivity contribution in [2.75, 3.05) is 12.4 Å². The molecule has 0 spiro atoms. The van der Waals surface area contributed by atoms with Crippen LogP contribution in [0.5, 0.6) is 5.88 Å². The number of aryl methyl sites for hydroxylation is 1. The number of nitrogens with one attached hydrogen (secondary N) is 1. The second-order valence-electron chi connectivity index (χ2n) is 5.46. The predicted molar refractivity (Wildman–Crippen MR) is 109 cm³/mol. The van der Waals surface area contributed by atoms with Gasteiger partial charge in [0.15, 0.2) is 5.69 Å². The third-order valence-corrected chi connectivity index (χ3v) is 5.54. The lowest BCUT2D eigenvalue weighted by Gasteiger charge is -2.15. The van der Waals surface area contributed by atoms with Crippen LogP contribution in [0, 0.1) is 3.57 Å². The molecule has 0 aliphatic heterocycles. The summed E-state index contributed by atoms with van der Waals surface area (Å²) in [6.07, 6.45) is 2.87. The molecule has 2 aromatic heterocycles. The summed E-state index contributed by atoms with van der Waals surface area (Å²) in [5.41, 5.74) is 0.710. The molecule has 0 bridgehead atoms. The Kier molecular flexibility index (Phi) is 5.79. The van der Waals surface area contributed by atoms with Gasteiger partial charge >= 0.3 is 0 Å². The highest BCUT2D eigenvalue weighted by atomic mass is 127. The maximum absolute atomic E-state index is 12.4. The first-order chi connectivity index (χ1) is 13.3. The highest BCUT2D eigenvalue weighted by Crippen LogP contribution is 2.28. The van der Waals surface area contributed by atoms with Crippen LogP contribution in [0.3, 0.4) is 0 Å². The molecular weight excluding hydrogens is 499 g/mol. The lowest BCUT2D eigenvalue weighted by molar-refractivity contribution is 0.102. The fourth-order valence-corrected chi connectivity index (χ4v) is 3.87. The van der Waals surface area contributed by atoms with Crippen LogP contribution in [0.25, 0.3) is 4.72 Å². The number of anilines is 1. The van der Waals surface area contributed by atoms with Crippen molar-refractivity contribution in [1.29, 1.82) is 0 Å². The Morgan fingerprint density at radius 1 is 1.25 bits per heavy atom. The Labute approximate surface area is 174 Å². The number of carbonyl (C=O) groups excluding carboxylic acids is 1. The fraction of sp³-hybridized carbons (Fsp3) is 0.125. The number of aromatic nitrogens is 4. The molecular formula is C16H14IN6O4S-. The second-order valence-corrected chi connectivity index (χ2v) is 8.23. The molecule has 1 amide bonds. The molecule has 3 rings (SSSR count). The van der Waals surface area contributed by atoms with Gasteiger partial charge in [0.05, 0.1) is 15.6 Å². The number of ether oxygens (including phenoxy) is 1. The highest BCUT2D eigenvalue weighted by Gasteiger charge is 2.15. The van der Waals surface area contributed by atoms with Gasteiger partial charge in [0.2, 0.25) is 15.9 Å². The first-order valence-electron chi connectivity index (χ1n) is 7.73. The monoisotopic (exact) mass is 513 g/mol. The Morgan fingerprint density at radius 3 is 2.57 bits per heavy atom. The zero-order valence-corrected chi connectivity index (χ0v) is 17.7. The van der Waals surface area contributed by atoms with E-state index in [2.05, 4.69) is 25.1 Å². The number of halogens is 1. The summed E-state index contributed by atoms with van der Waals surface area (Å²) >= 11 is 2.02. The Hall–Kier alpha value is -2.74. The van der Waals surface area contributed by atoms with E-state index in [1.54, 1.807) is 13.2 Å². The zero-order valence-electron chi connectivity index (χ0n) is 14.7. The van der Waals surface area contributed by atoms with Gasteiger partial charge in [0, 0.05) is 25.3 Å². The number of benzene rings is 1. The van der Waals surface area contributed by atoms with E-state index < -0.39 is 15.9 Å². The maximum Gasteiger partial charge on any atom is 0.277 e. The molecule has 10 nitrogen and oxygen atoms in total. The molecule has 146 valence electrons. The van der Waals surface area contributed by atoms with Crippen molar-refractivity contribution in [3.05, 3.63) is 56.8 Å². The molecule has 0 fully saturated rings. The molecule has 0 aliphatic carbocycles. The Balaban J connectivity index is 1.74. The van der Waals surface area contributed by atoms with E-state index >= 15 is 0 Å². The third kappa shape index (κ3) is 4.56. The van der Waals surface area contributed by atoms with Gasteiger partial charge in [-0.25, -0.2) is 13.4 Å². The third-order valence-electron chi connectivity index (χ3n) is 3.46. The predicted octanol–water partition coefficient (Wildman–Crippen LogP) is 2.47. The van der Waals surface area contributed by atoms with Crippen molar-refractivity contribution >= 4 is 50.0 Å². The van der Waals surface area contributed by atoms with Crippen molar-refractivity contribution in [3.8, 4) is 5.88 Å². The molecule has 12 heteroatoms. The van der Waals surface area contributed by atoms with Crippen molar-refractivity contribution in [2.45, 2.75) is 4.90 Å². The highest BCUT2D eigenvalue weighted by molar-refractivity contribution is 14.1. The van der Waals surface area contributed by atoms with E-state index in [0.717, 1.165) is 6.33 Å². The van der Waals surface area contributed by atoms with Gasteiger partial charge in [0.25, 0.3) is 5.91 Å². The van der Waals surface area contributed by atoms with Gasteiger partial charge in [-0.05, 0) is 58.7 Å². The van der Waals surface area contributed by atoms with Crippen LogP contribution in [0.15, 0.2) is 47.8 Å². The summed E-state index contributed by atoms with van der Waals surface area (Å²) in [5.74, 6) is -0.238. The second kappa shape index (κ2) is 8.10. The van der Waals surface area contributed by atoms with Crippen LogP contribution in [0.4, 0.5) is 11.5 Å². The van der Waals surface area contributed by atoms with Crippen LogP contribution in [-0.4, -0.2) is 41.2 Å². The molecule has 0 aliphatic rings. The molecule has 1 N–H and O–H groups in total. The molecule has 3 aromatic rings. The smallest absolute Gasteiger partial charge is 0.277 e. The van der Waals surface area contributed by atoms with Crippen LogP contribution < -0.4 is 10.1 Å². The van der Waals surface area contributed by atoms with Crippen molar-refractivity contribution in [3.63, 3.8) is 0 Å². The van der Waals surface area contributed by atoms with E-state index in [0.29, 0.717) is 9.26 Å². The molecule has 2 heterocycles. The number of amides is 1. The summed E-state index contributed by atoms with van der Waals surface area (Å²) in [6.45, 7) is 0. The quantitative estimate of drug-likeness (QED) is 0.502. The van der Waals surface area contributed by atoms with Gasteiger partial charge in [-0.15, -0.1) is 0 Å². The molecule has 0 radical (unpaired) electrons. The van der Waals surface area contributed by atoms with E-state index in [1.807, 2.05) is 22.6 Å². The number of carbonyl (C=O) groups is 1. The normalized spacial score (nSPS) is 11.1.